The third-order valence-electron chi connectivity index (χ3n) is 7.18. The first-order chi connectivity index (χ1) is 17.5. The molecule has 1 aliphatic carbocycles. The van der Waals surface area contributed by atoms with Crippen molar-refractivity contribution >= 4 is 40.3 Å². The fourth-order valence-electron chi connectivity index (χ4n) is 5.54. The molecule has 0 saturated carbocycles. The number of halogens is 1. The summed E-state index contributed by atoms with van der Waals surface area (Å²) in [5, 5.41) is 6.16. The Morgan fingerprint density at radius 2 is 1.65 bits per heavy atom. The van der Waals surface area contributed by atoms with Crippen LogP contribution in [0, 0.1) is 11.8 Å². The fraction of sp³-hybridized carbons (Fsp3) is 0.500. The van der Waals surface area contributed by atoms with Gasteiger partial charge in [0.2, 0.25) is 17.7 Å². The van der Waals surface area contributed by atoms with E-state index in [2.05, 4.69) is 45.4 Å². The Hall–Kier alpha value is -2.42. The van der Waals surface area contributed by atoms with E-state index in [-0.39, 0.29) is 29.6 Å². The van der Waals surface area contributed by atoms with Gasteiger partial charge in [-0.1, -0.05) is 85.0 Å². The molecular formula is C30H38IN3O3. The number of carbonyl (C=O) groups excluding carboxylic acids is 3. The van der Waals surface area contributed by atoms with Crippen LogP contribution in [0.25, 0.3) is 0 Å². The van der Waals surface area contributed by atoms with E-state index in [1.807, 2.05) is 71.0 Å². The number of rotatable bonds is 7. The lowest BCUT2D eigenvalue weighted by Crippen LogP contribution is -2.67. The van der Waals surface area contributed by atoms with Crippen molar-refractivity contribution in [2.75, 3.05) is 0 Å². The van der Waals surface area contributed by atoms with Gasteiger partial charge in [-0.15, -0.1) is 0 Å². The minimum atomic E-state index is -0.893. The predicted molar refractivity (Wildman–Crippen MR) is 154 cm³/mol. The summed E-state index contributed by atoms with van der Waals surface area (Å²) < 4.78 is 0.849. The Labute approximate surface area is 234 Å². The third-order valence-corrected chi connectivity index (χ3v) is 8.06. The van der Waals surface area contributed by atoms with E-state index in [1.54, 1.807) is 4.90 Å². The second-order valence-electron chi connectivity index (χ2n) is 11.8. The molecule has 37 heavy (non-hydrogen) atoms. The number of alkyl halides is 1. The van der Waals surface area contributed by atoms with Gasteiger partial charge >= 0.3 is 0 Å². The van der Waals surface area contributed by atoms with E-state index in [0.717, 1.165) is 28.4 Å². The highest BCUT2D eigenvalue weighted by atomic mass is 127. The lowest BCUT2D eigenvalue weighted by Gasteiger charge is -2.45. The molecule has 7 heteroatoms. The highest BCUT2D eigenvalue weighted by Crippen LogP contribution is 2.35. The molecule has 1 fully saturated rings. The quantitative estimate of drug-likeness (QED) is 0.349. The Morgan fingerprint density at radius 3 is 2.16 bits per heavy atom. The van der Waals surface area contributed by atoms with E-state index in [1.165, 1.54) is 11.1 Å². The van der Waals surface area contributed by atoms with Gasteiger partial charge in [0.05, 0.1) is 0 Å². The monoisotopic (exact) mass is 615 g/mol. The van der Waals surface area contributed by atoms with Crippen molar-refractivity contribution in [2.24, 2.45) is 11.8 Å². The molecule has 2 aliphatic rings. The van der Waals surface area contributed by atoms with Crippen molar-refractivity contribution in [3.63, 3.8) is 0 Å². The van der Waals surface area contributed by atoms with Crippen molar-refractivity contribution in [3.8, 4) is 0 Å². The smallest absolute Gasteiger partial charge is 0.247 e. The maximum atomic E-state index is 14.3. The Kier molecular flexibility index (Phi) is 8.31. The molecule has 1 saturated heterocycles. The molecule has 2 aromatic carbocycles. The number of hydrogen-bond acceptors (Lipinski definition) is 3. The van der Waals surface area contributed by atoms with E-state index in [4.69, 9.17) is 0 Å². The van der Waals surface area contributed by atoms with Crippen LogP contribution in [0.3, 0.4) is 0 Å². The van der Waals surface area contributed by atoms with Crippen molar-refractivity contribution in [1.82, 2.24) is 15.5 Å². The fourth-order valence-corrected chi connectivity index (χ4v) is 6.05. The number of nitrogens with zero attached hydrogens (tertiary/aromatic N) is 1. The molecule has 6 nitrogen and oxygen atoms in total. The SMILES string of the molecule is CC(C)C[C@@H]1C(=O)NC(C2Cc3ccccc3C2)C(=O)N1[C@@H](C(=O)NC(C)(C)C)c1ccc(CI)cc1. The molecule has 1 heterocycles. The average molecular weight is 616 g/mol. The summed E-state index contributed by atoms with van der Waals surface area (Å²) in [6.45, 7) is 9.85. The number of amides is 3. The highest BCUT2D eigenvalue weighted by molar-refractivity contribution is 14.1. The number of hydrogen-bond donors (Lipinski definition) is 2. The molecule has 2 N–H and O–H groups in total. The first-order valence-corrected chi connectivity index (χ1v) is 14.7. The van der Waals surface area contributed by atoms with Gasteiger partial charge in [0.25, 0.3) is 0 Å². The van der Waals surface area contributed by atoms with Crippen LogP contribution in [-0.4, -0.2) is 40.2 Å². The molecule has 198 valence electrons. The number of carbonyl (C=O) groups is 3. The molecule has 3 amide bonds. The van der Waals surface area contributed by atoms with Crippen LogP contribution in [0.4, 0.5) is 0 Å². The van der Waals surface area contributed by atoms with E-state index >= 15 is 0 Å². The van der Waals surface area contributed by atoms with E-state index in [9.17, 15) is 14.4 Å². The predicted octanol–water partition coefficient (Wildman–Crippen LogP) is 4.73. The molecule has 0 spiro atoms. The van der Waals surface area contributed by atoms with Crippen molar-refractivity contribution in [1.29, 1.82) is 0 Å². The second-order valence-corrected chi connectivity index (χ2v) is 12.6. The Morgan fingerprint density at radius 1 is 1.05 bits per heavy atom. The van der Waals surface area contributed by atoms with Gasteiger partial charge in [-0.2, -0.15) is 0 Å². The summed E-state index contributed by atoms with van der Waals surface area (Å²) >= 11 is 2.31. The topological polar surface area (TPSA) is 78.5 Å². The maximum absolute atomic E-state index is 14.3. The summed E-state index contributed by atoms with van der Waals surface area (Å²) in [7, 11) is 0. The van der Waals surface area contributed by atoms with Crippen molar-refractivity contribution in [2.45, 2.75) is 82.0 Å². The van der Waals surface area contributed by atoms with Crippen LogP contribution < -0.4 is 10.6 Å². The lowest BCUT2D eigenvalue weighted by molar-refractivity contribution is -0.158. The third kappa shape index (κ3) is 6.19. The molecule has 4 rings (SSSR count). The Bertz CT molecular complexity index is 1130. The molecular weight excluding hydrogens is 577 g/mol. The van der Waals surface area contributed by atoms with Crippen molar-refractivity contribution < 1.29 is 14.4 Å². The molecule has 0 aromatic heterocycles. The van der Waals surface area contributed by atoms with Gasteiger partial charge in [0.1, 0.15) is 18.1 Å². The summed E-state index contributed by atoms with van der Waals surface area (Å²) in [5.74, 6) is -0.475. The summed E-state index contributed by atoms with van der Waals surface area (Å²) in [5.41, 5.74) is 3.82. The van der Waals surface area contributed by atoms with Crippen LogP contribution in [0.1, 0.15) is 69.3 Å². The Balaban J connectivity index is 1.76. The molecule has 1 aliphatic heterocycles. The minimum absolute atomic E-state index is 0.0379. The van der Waals surface area contributed by atoms with Crippen LogP contribution in [0.5, 0.6) is 0 Å². The zero-order valence-corrected chi connectivity index (χ0v) is 24.5. The molecule has 0 bridgehead atoms. The van der Waals surface area contributed by atoms with Gasteiger partial charge in [0, 0.05) is 9.97 Å². The summed E-state index contributed by atoms with van der Waals surface area (Å²) in [6.07, 6.45) is 1.96. The minimum Gasteiger partial charge on any atom is -0.349 e. The molecule has 1 unspecified atom stereocenters. The maximum Gasteiger partial charge on any atom is 0.247 e. The van der Waals surface area contributed by atoms with Gasteiger partial charge < -0.3 is 15.5 Å². The second kappa shape index (κ2) is 11.1. The first kappa shape index (κ1) is 27.6. The van der Waals surface area contributed by atoms with Crippen molar-refractivity contribution in [3.05, 3.63) is 70.8 Å². The zero-order valence-electron chi connectivity index (χ0n) is 22.4. The van der Waals surface area contributed by atoms with Crippen LogP contribution in [0.2, 0.25) is 0 Å². The van der Waals surface area contributed by atoms with Crippen LogP contribution >= 0.6 is 22.6 Å². The van der Waals surface area contributed by atoms with Gasteiger partial charge in [-0.3, -0.25) is 14.4 Å². The standard InChI is InChI=1S/C30H38IN3O3/c1-18(2)14-24-27(35)32-25(23-15-21-8-6-7-9-22(21)16-23)29(37)34(24)26(28(36)33-30(3,4)5)20-12-10-19(17-31)11-13-20/h6-13,18,23-26H,14-17H2,1-5H3,(H,32,35)(H,33,36)/t24-,25?,26-/m1/s1. The van der Waals surface area contributed by atoms with Crippen LogP contribution in [0.15, 0.2) is 48.5 Å². The van der Waals surface area contributed by atoms with Gasteiger partial charge in [0.15, 0.2) is 0 Å². The molecule has 0 radical (unpaired) electrons. The highest BCUT2D eigenvalue weighted by Gasteiger charge is 2.49. The first-order valence-electron chi connectivity index (χ1n) is 13.1. The average Bonchev–Trinajstić information content (AvgIpc) is 3.26. The molecule has 3 atom stereocenters. The largest absolute Gasteiger partial charge is 0.349 e. The van der Waals surface area contributed by atoms with E-state index < -0.39 is 23.7 Å². The molecule has 2 aromatic rings. The van der Waals surface area contributed by atoms with E-state index in [0.29, 0.717) is 6.42 Å². The number of benzene rings is 2. The van der Waals surface area contributed by atoms with Crippen LogP contribution in [-0.2, 0) is 31.7 Å². The normalized spacial score (nSPS) is 21.1. The van der Waals surface area contributed by atoms with Gasteiger partial charge in [-0.25, -0.2) is 0 Å². The number of fused-ring (bicyclic) bond motifs is 1. The number of nitrogens with one attached hydrogen (secondary N) is 2. The zero-order chi connectivity index (χ0) is 26.9. The van der Waals surface area contributed by atoms with Gasteiger partial charge in [-0.05, 0) is 74.1 Å². The number of piperazine rings is 1. The summed E-state index contributed by atoms with van der Waals surface area (Å²) in [4.78, 5) is 43.4. The lowest BCUT2D eigenvalue weighted by atomic mass is 9.87. The summed E-state index contributed by atoms with van der Waals surface area (Å²) in [6, 6.07) is 13.8.